The van der Waals surface area contributed by atoms with Crippen molar-refractivity contribution >= 4 is 6.03 Å². The Morgan fingerprint density at radius 2 is 1.82 bits per heavy atom. The molecule has 2 N–H and O–H groups in total. The highest BCUT2D eigenvalue weighted by Crippen LogP contribution is 2.45. The number of benzene rings is 2. The molecule has 1 fully saturated rings. The minimum atomic E-state index is -4.63. The van der Waals surface area contributed by atoms with Gasteiger partial charge in [-0.25, -0.2) is 18.8 Å². The molecule has 6 rings (SSSR count). The van der Waals surface area contributed by atoms with E-state index < -0.39 is 29.0 Å². The maximum atomic E-state index is 14.1. The van der Waals surface area contributed by atoms with Gasteiger partial charge in [0.2, 0.25) is 0 Å². The van der Waals surface area contributed by atoms with Gasteiger partial charge in [0.25, 0.3) is 0 Å². The van der Waals surface area contributed by atoms with Crippen molar-refractivity contribution in [3.05, 3.63) is 112 Å². The zero-order chi connectivity index (χ0) is 32.1. The number of rotatable bonds is 7. The molecule has 0 unspecified atom stereocenters. The highest BCUT2D eigenvalue weighted by molar-refractivity contribution is 5.84. The largest absolute Gasteiger partial charge is 0.416 e. The predicted octanol–water partition coefficient (Wildman–Crippen LogP) is 5.33. The van der Waals surface area contributed by atoms with Crippen LogP contribution in [-0.2, 0) is 18.3 Å². The van der Waals surface area contributed by atoms with Crippen LogP contribution in [0.5, 0.6) is 0 Å². The van der Waals surface area contributed by atoms with Crippen LogP contribution >= 0.6 is 0 Å². The predicted molar refractivity (Wildman–Crippen MR) is 160 cm³/mol. The summed E-state index contributed by atoms with van der Waals surface area (Å²) in [5.41, 5.74) is 0.989. The van der Waals surface area contributed by atoms with Crippen LogP contribution in [0.4, 0.5) is 18.0 Å². The number of imidazole rings is 1. The summed E-state index contributed by atoms with van der Waals surface area (Å²) in [5, 5.41) is 16.7. The molecule has 3 heterocycles. The van der Waals surface area contributed by atoms with Crippen molar-refractivity contribution in [1.29, 1.82) is 5.26 Å². The molecule has 5 aromatic rings. The van der Waals surface area contributed by atoms with E-state index in [4.69, 9.17) is 0 Å². The van der Waals surface area contributed by atoms with E-state index in [-0.39, 0.29) is 17.1 Å². The Hall–Kier alpha value is -5.35. The Bertz CT molecular complexity index is 2000. The fraction of sp³-hybridized carbons (Fsp3) is 0.250. The summed E-state index contributed by atoms with van der Waals surface area (Å²) in [7, 11) is 3.90. The second kappa shape index (κ2) is 11.0. The summed E-state index contributed by atoms with van der Waals surface area (Å²) in [5.74, 6) is 0. The number of aromatic amines is 1. The minimum absolute atomic E-state index is 0.0385. The lowest BCUT2D eigenvalue weighted by Crippen LogP contribution is -2.42. The standard InChI is InChI=1S/C32H29F3N8O2/c1-20-28(26-13-16-37-43(26)24-10-7-21(18-36)8-11-24)42(30(45)41(20)25-6-4-5-22(17-25)32(33,34)35)29(44)39-31(14-15-31)27-12-9-23(38-27)19-40(2)3/h4-13,16-17,38H,14-15,19H2,1-3H3,(H,39,44). The van der Waals surface area contributed by atoms with Gasteiger partial charge in [0, 0.05) is 17.9 Å². The topological polar surface area (TPSA) is 117 Å². The number of nitrogens with zero attached hydrogens (tertiary/aromatic N) is 6. The summed E-state index contributed by atoms with van der Waals surface area (Å²) in [6.45, 7) is 2.24. The number of alkyl halides is 3. The Morgan fingerprint density at radius 1 is 1.09 bits per heavy atom. The molecule has 0 radical (unpaired) electrons. The molecule has 230 valence electrons. The van der Waals surface area contributed by atoms with E-state index in [0.29, 0.717) is 36.3 Å². The minimum Gasteiger partial charge on any atom is -0.359 e. The number of aromatic nitrogens is 5. The normalized spacial score (nSPS) is 14.0. The van der Waals surface area contributed by atoms with E-state index in [1.807, 2.05) is 31.1 Å². The van der Waals surface area contributed by atoms with Crippen LogP contribution in [-0.4, -0.2) is 48.9 Å². The van der Waals surface area contributed by atoms with Crippen molar-refractivity contribution in [2.24, 2.45) is 0 Å². The smallest absolute Gasteiger partial charge is 0.359 e. The maximum Gasteiger partial charge on any atom is 0.416 e. The fourth-order valence-electron chi connectivity index (χ4n) is 5.59. The van der Waals surface area contributed by atoms with Crippen molar-refractivity contribution in [3.63, 3.8) is 0 Å². The first kappa shape index (κ1) is 29.7. The number of nitriles is 1. The molecule has 1 aliphatic carbocycles. The number of halogens is 3. The van der Waals surface area contributed by atoms with E-state index in [2.05, 4.69) is 21.5 Å². The molecule has 1 aliphatic rings. The molecule has 45 heavy (non-hydrogen) atoms. The van der Waals surface area contributed by atoms with Gasteiger partial charge < -0.3 is 15.2 Å². The van der Waals surface area contributed by atoms with Crippen molar-refractivity contribution in [3.8, 4) is 28.8 Å². The molecule has 1 amide bonds. The average molecular weight is 615 g/mol. The number of carbonyl (C=O) groups excluding carboxylic acids is 1. The highest BCUT2D eigenvalue weighted by atomic mass is 19.4. The van der Waals surface area contributed by atoms with Gasteiger partial charge in [0.05, 0.1) is 51.7 Å². The third-order valence-electron chi connectivity index (χ3n) is 7.89. The molecule has 13 heteroatoms. The van der Waals surface area contributed by atoms with Crippen molar-refractivity contribution < 1.29 is 18.0 Å². The number of H-pyrrole nitrogens is 1. The van der Waals surface area contributed by atoms with E-state index in [0.717, 1.165) is 32.7 Å². The van der Waals surface area contributed by atoms with Gasteiger partial charge in [-0.15, -0.1) is 0 Å². The number of hydrogen-bond donors (Lipinski definition) is 2. The Morgan fingerprint density at radius 3 is 2.47 bits per heavy atom. The van der Waals surface area contributed by atoms with Gasteiger partial charge in [-0.05, 0) is 94.5 Å². The molecular weight excluding hydrogens is 585 g/mol. The summed E-state index contributed by atoms with van der Waals surface area (Å²) < 4.78 is 44.5. The van der Waals surface area contributed by atoms with Crippen LogP contribution in [0.2, 0.25) is 0 Å². The third kappa shape index (κ3) is 5.44. The first-order valence-electron chi connectivity index (χ1n) is 14.1. The zero-order valence-corrected chi connectivity index (χ0v) is 24.7. The summed E-state index contributed by atoms with van der Waals surface area (Å²) in [4.78, 5) is 33.6. The SMILES string of the molecule is Cc1c(-c2ccnn2-c2ccc(C#N)cc2)n(C(=O)NC2(c3ccc(CN(C)C)[nH]3)CC2)c(=O)n1-c1cccc(C(F)(F)F)c1. The van der Waals surface area contributed by atoms with E-state index in [1.54, 1.807) is 37.3 Å². The number of carbonyl (C=O) groups is 1. The maximum absolute atomic E-state index is 14.1. The lowest BCUT2D eigenvalue weighted by Gasteiger charge is -2.18. The van der Waals surface area contributed by atoms with E-state index in [9.17, 15) is 28.0 Å². The van der Waals surface area contributed by atoms with Gasteiger partial charge in [0.1, 0.15) is 5.69 Å². The van der Waals surface area contributed by atoms with Gasteiger partial charge >= 0.3 is 17.9 Å². The molecule has 0 atom stereocenters. The number of amides is 1. The molecular formula is C32H29F3N8O2. The van der Waals surface area contributed by atoms with Crippen LogP contribution < -0.4 is 11.0 Å². The second-order valence-electron chi connectivity index (χ2n) is 11.4. The van der Waals surface area contributed by atoms with Gasteiger partial charge in [-0.2, -0.15) is 23.5 Å². The van der Waals surface area contributed by atoms with Crippen molar-refractivity contribution in [2.45, 2.75) is 38.0 Å². The first-order chi connectivity index (χ1) is 21.4. The quantitative estimate of drug-likeness (QED) is 0.257. The molecule has 0 bridgehead atoms. The molecule has 2 aromatic carbocycles. The average Bonchev–Trinajstić information content (AvgIpc) is 3.30. The molecule has 10 nitrogen and oxygen atoms in total. The lowest BCUT2D eigenvalue weighted by molar-refractivity contribution is -0.137. The van der Waals surface area contributed by atoms with Crippen LogP contribution in [0.25, 0.3) is 22.8 Å². The van der Waals surface area contributed by atoms with E-state index in [1.165, 1.54) is 23.0 Å². The monoisotopic (exact) mass is 614 g/mol. The van der Waals surface area contributed by atoms with Crippen LogP contribution in [0.3, 0.4) is 0 Å². The van der Waals surface area contributed by atoms with Crippen LogP contribution in [0.1, 0.15) is 41.1 Å². The lowest BCUT2D eigenvalue weighted by atomic mass is 10.1. The van der Waals surface area contributed by atoms with Crippen LogP contribution in [0.15, 0.2) is 77.7 Å². The molecule has 0 aliphatic heterocycles. The van der Waals surface area contributed by atoms with Crippen molar-refractivity contribution in [1.82, 2.24) is 34.1 Å². The number of nitrogens with one attached hydrogen (secondary N) is 2. The first-order valence-corrected chi connectivity index (χ1v) is 14.1. The van der Waals surface area contributed by atoms with Crippen molar-refractivity contribution in [2.75, 3.05) is 14.1 Å². The number of hydrogen-bond acceptors (Lipinski definition) is 5. The summed E-state index contributed by atoms with van der Waals surface area (Å²) in [6.07, 6.45) is -1.86. The van der Waals surface area contributed by atoms with Gasteiger partial charge in [0.15, 0.2) is 0 Å². The second-order valence-corrected chi connectivity index (χ2v) is 11.4. The molecule has 0 spiro atoms. The molecule has 0 saturated heterocycles. The summed E-state index contributed by atoms with van der Waals surface area (Å²) in [6, 6.07) is 17.8. The highest BCUT2D eigenvalue weighted by Gasteiger charge is 2.48. The summed E-state index contributed by atoms with van der Waals surface area (Å²) >= 11 is 0. The Balaban J connectivity index is 1.49. The zero-order valence-electron chi connectivity index (χ0n) is 24.7. The third-order valence-corrected chi connectivity index (χ3v) is 7.89. The van der Waals surface area contributed by atoms with Gasteiger partial charge in [-0.1, -0.05) is 6.07 Å². The fourth-order valence-corrected chi connectivity index (χ4v) is 5.59. The molecule has 3 aromatic heterocycles. The molecule has 1 saturated carbocycles. The Kier molecular flexibility index (Phi) is 7.25. The van der Waals surface area contributed by atoms with E-state index >= 15 is 0 Å². The van der Waals surface area contributed by atoms with Crippen LogP contribution in [0, 0.1) is 18.3 Å². The van der Waals surface area contributed by atoms with Gasteiger partial charge in [-0.3, -0.25) is 4.57 Å². The Labute approximate surface area is 255 Å².